The average Bonchev–Trinajstić information content (AvgIpc) is 2.42. The summed E-state index contributed by atoms with van der Waals surface area (Å²) >= 11 is 0. The molecule has 1 fully saturated rings. The highest BCUT2D eigenvalue weighted by atomic mass is 16.6. The van der Waals surface area contributed by atoms with Crippen LogP contribution in [-0.2, 0) is 11.2 Å². The second kappa shape index (κ2) is 5.54. The van der Waals surface area contributed by atoms with E-state index in [1.54, 1.807) is 24.3 Å². The fraction of sp³-hybridized carbons (Fsp3) is 0.538. The van der Waals surface area contributed by atoms with Crippen LogP contribution < -0.4 is 5.73 Å². The van der Waals surface area contributed by atoms with Gasteiger partial charge in [0.2, 0.25) is 0 Å². The van der Waals surface area contributed by atoms with E-state index in [0.29, 0.717) is 0 Å². The normalized spacial score (nSPS) is 39.2. The summed E-state index contributed by atoms with van der Waals surface area (Å²) in [5, 5.41) is 39.5. The summed E-state index contributed by atoms with van der Waals surface area (Å²) in [6.07, 6.45) is -3.82. The zero-order valence-electron chi connectivity index (χ0n) is 10.4. The smallest absolute Gasteiger partial charge is 0.173 e. The lowest BCUT2D eigenvalue weighted by atomic mass is 9.78. The summed E-state index contributed by atoms with van der Waals surface area (Å²) in [6.45, 7) is -0.512. The molecule has 0 aliphatic carbocycles. The summed E-state index contributed by atoms with van der Waals surface area (Å²) < 4.78 is 4.96. The van der Waals surface area contributed by atoms with Crippen LogP contribution in [0, 0.1) is 0 Å². The van der Waals surface area contributed by atoms with Crippen LogP contribution in [0.15, 0.2) is 30.3 Å². The first-order valence-electron chi connectivity index (χ1n) is 6.13. The van der Waals surface area contributed by atoms with Gasteiger partial charge in [-0.15, -0.1) is 0 Å². The molecule has 0 spiro atoms. The minimum Gasteiger partial charge on any atom is -0.394 e. The number of nitrogens with two attached hydrogens (primary N) is 1. The van der Waals surface area contributed by atoms with Crippen molar-refractivity contribution in [2.45, 2.75) is 36.6 Å². The fourth-order valence-electron chi connectivity index (χ4n) is 2.39. The van der Waals surface area contributed by atoms with Crippen molar-refractivity contribution in [3.05, 3.63) is 35.9 Å². The minimum absolute atomic E-state index is 0.0626. The summed E-state index contributed by atoms with van der Waals surface area (Å²) in [4.78, 5) is 0. The highest BCUT2D eigenvalue weighted by Crippen LogP contribution is 2.31. The average molecular weight is 269 g/mol. The van der Waals surface area contributed by atoms with Gasteiger partial charge in [0.05, 0.1) is 12.6 Å². The Bertz CT molecular complexity index is 415. The molecule has 5 atom stereocenters. The van der Waals surface area contributed by atoms with Crippen molar-refractivity contribution in [1.29, 1.82) is 0 Å². The quantitative estimate of drug-likeness (QED) is 0.449. The summed E-state index contributed by atoms with van der Waals surface area (Å²) in [6, 6.07) is 7.84. The van der Waals surface area contributed by atoms with E-state index >= 15 is 0 Å². The SMILES string of the molecule is N[C@@H]1[C@@H](O)O[C@H](CO)[C@@H](O)[C@@]1(O)Cc1ccccc1. The molecule has 0 unspecified atom stereocenters. The molecule has 0 radical (unpaired) electrons. The monoisotopic (exact) mass is 269 g/mol. The van der Waals surface area contributed by atoms with Crippen LogP contribution in [-0.4, -0.2) is 57.2 Å². The van der Waals surface area contributed by atoms with E-state index in [0.717, 1.165) is 5.56 Å². The molecule has 6 N–H and O–H groups in total. The molecule has 0 aromatic heterocycles. The van der Waals surface area contributed by atoms with Gasteiger partial charge in [-0.3, -0.25) is 0 Å². The molecule has 1 aliphatic rings. The third kappa shape index (κ3) is 2.64. The van der Waals surface area contributed by atoms with E-state index in [-0.39, 0.29) is 6.42 Å². The maximum Gasteiger partial charge on any atom is 0.173 e. The largest absolute Gasteiger partial charge is 0.394 e. The Hall–Kier alpha value is -1.02. The summed E-state index contributed by atoms with van der Waals surface area (Å²) in [5.41, 5.74) is 4.76. The van der Waals surface area contributed by atoms with E-state index in [2.05, 4.69) is 0 Å². The first-order chi connectivity index (χ1) is 8.99. The van der Waals surface area contributed by atoms with Crippen molar-refractivity contribution in [3.63, 3.8) is 0 Å². The predicted octanol–water partition coefficient (Wildman–Crippen LogP) is -1.64. The van der Waals surface area contributed by atoms with Crippen LogP contribution in [0.5, 0.6) is 0 Å². The standard InChI is InChI=1S/C13H19NO5/c14-10-12(17)19-9(7-15)11(16)13(10,18)6-8-4-2-1-3-5-8/h1-5,9-12,15-18H,6-7,14H2/t9-,10-,11-,12+,13-/m1/s1. The topological polar surface area (TPSA) is 116 Å². The Balaban J connectivity index is 2.26. The van der Waals surface area contributed by atoms with Crippen molar-refractivity contribution in [1.82, 2.24) is 0 Å². The van der Waals surface area contributed by atoms with Gasteiger partial charge in [-0.25, -0.2) is 0 Å². The zero-order chi connectivity index (χ0) is 14.0. The minimum atomic E-state index is -1.76. The number of rotatable bonds is 3. The van der Waals surface area contributed by atoms with Gasteiger partial charge in [0, 0.05) is 6.42 Å². The number of benzene rings is 1. The van der Waals surface area contributed by atoms with Crippen LogP contribution in [0.25, 0.3) is 0 Å². The lowest BCUT2D eigenvalue weighted by Crippen LogP contribution is -2.70. The molecule has 1 aromatic rings. The molecule has 0 saturated carbocycles. The van der Waals surface area contributed by atoms with Gasteiger partial charge in [0.15, 0.2) is 6.29 Å². The second-order valence-electron chi connectivity index (χ2n) is 4.87. The van der Waals surface area contributed by atoms with Gasteiger partial charge in [0.1, 0.15) is 17.8 Å². The Labute approximate surface area is 111 Å². The van der Waals surface area contributed by atoms with Crippen LogP contribution in [0.3, 0.4) is 0 Å². The second-order valence-corrected chi connectivity index (χ2v) is 4.87. The van der Waals surface area contributed by atoms with Crippen molar-refractivity contribution < 1.29 is 25.2 Å². The maximum absolute atomic E-state index is 10.6. The van der Waals surface area contributed by atoms with E-state index in [1.807, 2.05) is 6.07 Å². The summed E-state index contributed by atoms with van der Waals surface area (Å²) in [5.74, 6) is 0. The first kappa shape index (κ1) is 14.4. The van der Waals surface area contributed by atoms with E-state index in [1.165, 1.54) is 0 Å². The molecule has 1 aliphatic heterocycles. The van der Waals surface area contributed by atoms with Crippen molar-refractivity contribution >= 4 is 0 Å². The van der Waals surface area contributed by atoms with Gasteiger partial charge < -0.3 is 30.9 Å². The zero-order valence-corrected chi connectivity index (χ0v) is 10.4. The van der Waals surface area contributed by atoms with Gasteiger partial charge in [-0.2, -0.15) is 0 Å². The van der Waals surface area contributed by atoms with Crippen molar-refractivity contribution in [2.24, 2.45) is 5.73 Å². The fourth-order valence-corrected chi connectivity index (χ4v) is 2.39. The van der Waals surface area contributed by atoms with Gasteiger partial charge in [-0.1, -0.05) is 30.3 Å². The van der Waals surface area contributed by atoms with Crippen LogP contribution in [0.1, 0.15) is 5.56 Å². The number of hydrogen-bond donors (Lipinski definition) is 5. The van der Waals surface area contributed by atoms with Crippen molar-refractivity contribution in [2.75, 3.05) is 6.61 Å². The Morgan fingerprint density at radius 1 is 1.21 bits per heavy atom. The third-order valence-corrected chi connectivity index (χ3v) is 3.57. The van der Waals surface area contributed by atoms with E-state index in [4.69, 9.17) is 15.6 Å². The lowest BCUT2D eigenvalue weighted by molar-refractivity contribution is -0.282. The molecule has 106 valence electrons. The molecule has 1 saturated heterocycles. The Morgan fingerprint density at radius 2 is 1.84 bits per heavy atom. The molecule has 0 bridgehead atoms. The van der Waals surface area contributed by atoms with Gasteiger partial charge in [0.25, 0.3) is 0 Å². The van der Waals surface area contributed by atoms with Crippen LogP contribution >= 0.6 is 0 Å². The Kier molecular flexibility index (Phi) is 4.19. The molecule has 2 rings (SSSR count). The predicted molar refractivity (Wildman–Crippen MR) is 67.0 cm³/mol. The number of ether oxygens (including phenoxy) is 1. The van der Waals surface area contributed by atoms with Gasteiger partial charge >= 0.3 is 0 Å². The molecule has 19 heavy (non-hydrogen) atoms. The third-order valence-electron chi connectivity index (χ3n) is 3.57. The van der Waals surface area contributed by atoms with E-state index < -0.39 is 36.7 Å². The molecular weight excluding hydrogens is 250 g/mol. The van der Waals surface area contributed by atoms with Crippen molar-refractivity contribution in [3.8, 4) is 0 Å². The summed E-state index contributed by atoms with van der Waals surface area (Å²) in [7, 11) is 0. The first-order valence-corrected chi connectivity index (χ1v) is 6.13. The number of aliphatic hydroxyl groups excluding tert-OH is 3. The van der Waals surface area contributed by atoms with E-state index in [9.17, 15) is 15.3 Å². The Morgan fingerprint density at radius 3 is 2.42 bits per heavy atom. The number of aliphatic hydroxyl groups is 4. The van der Waals surface area contributed by atoms with Gasteiger partial charge in [-0.05, 0) is 5.56 Å². The van der Waals surface area contributed by atoms with Crippen LogP contribution in [0.4, 0.5) is 0 Å². The lowest BCUT2D eigenvalue weighted by Gasteiger charge is -2.47. The highest BCUT2D eigenvalue weighted by Gasteiger charge is 2.53. The number of hydrogen-bond acceptors (Lipinski definition) is 6. The molecule has 1 heterocycles. The molecule has 6 nitrogen and oxygen atoms in total. The molecular formula is C13H19NO5. The molecule has 6 heteroatoms. The highest BCUT2D eigenvalue weighted by molar-refractivity contribution is 5.20. The van der Waals surface area contributed by atoms with Crippen LogP contribution in [0.2, 0.25) is 0 Å². The maximum atomic E-state index is 10.6. The molecule has 1 aromatic carbocycles. The molecule has 0 amide bonds.